The van der Waals surface area contributed by atoms with Crippen molar-refractivity contribution in [2.45, 2.75) is 19.3 Å². The van der Waals surface area contributed by atoms with Crippen molar-refractivity contribution in [1.29, 1.82) is 0 Å². The predicted molar refractivity (Wildman–Crippen MR) is 110 cm³/mol. The highest BCUT2D eigenvalue weighted by molar-refractivity contribution is 5.89. The van der Waals surface area contributed by atoms with E-state index in [1.165, 1.54) is 17.7 Å². The summed E-state index contributed by atoms with van der Waals surface area (Å²) in [4.78, 5) is 29.6. The van der Waals surface area contributed by atoms with Gasteiger partial charge in [-0.05, 0) is 42.2 Å². The molecule has 1 fully saturated rings. The van der Waals surface area contributed by atoms with Gasteiger partial charge in [0.05, 0.1) is 5.92 Å². The second kappa shape index (κ2) is 8.47. The number of benzene rings is 2. The number of amides is 2. The molecule has 3 aromatic rings. The number of hydrogen-bond donors (Lipinski definition) is 2. The van der Waals surface area contributed by atoms with Crippen LogP contribution in [0.2, 0.25) is 0 Å². The molecule has 1 saturated heterocycles. The zero-order valence-electron chi connectivity index (χ0n) is 16.2. The van der Waals surface area contributed by atoms with Gasteiger partial charge in [-0.15, -0.1) is 0 Å². The van der Waals surface area contributed by atoms with Crippen LogP contribution in [0.25, 0.3) is 10.9 Å². The highest BCUT2D eigenvalue weighted by Gasteiger charge is 2.33. The number of fused-ring (bicyclic) bond motifs is 1. The average Bonchev–Trinajstić information content (AvgIpc) is 3.30. The molecule has 0 radical (unpaired) electrons. The summed E-state index contributed by atoms with van der Waals surface area (Å²) in [5, 5.41) is 3.79. The molecule has 0 bridgehead atoms. The summed E-state index contributed by atoms with van der Waals surface area (Å²) in [6, 6.07) is 14.6. The van der Waals surface area contributed by atoms with E-state index in [0.717, 1.165) is 22.9 Å². The van der Waals surface area contributed by atoms with Gasteiger partial charge in [0.15, 0.2) is 0 Å². The van der Waals surface area contributed by atoms with Crippen molar-refractivity contribution < 1.29 is 14.0 Å². The van der Waals surface area contributed by atoms with E-state index in [1.807, 2.05) is 36.5 Å². The molecule has 1 aromatic heterocycles. The third kappa shape index (κ3) is 4.47. The van der Waals surface area contributed by atoms with Gasteiger partial charge in [-0.2, -0.15) is 0 Å². The zero-order valence-corrected chi connectivity index (χ0v) is 16.2. The van der Waals surface area contributed by atoms with E-state index in [2.05, 4.69) is 10.3 Å². The molecule has 0 aliphatic carbocycles. The normalized spacial score (nSPS) is 16.5. The molecule has 1 atom stereocenters. The molecule has 4 rings (SSSR count). The van der Waals surface area contributed by atoms with E-state index >= 15 is 0 Å². The van der Waals surface area contributed by atoms with Crippen molar-refractivity contribution in [2.24, 2.45) is 5.92 Å². The summed E-state index contributed by atoms with van der Waals surface area (Å²) in [7, 11) is 0. The third-order valence-electron chi connectivity index (χ3n) is 5.52. The molecule has 6 heteroatoms. The monoisotopic (exact) mass is 393 g/mol. The van der Waals surface area contributed by atoms with Gasteiger partial charge in [-0.1, -0.05) is 30.3 Å². The smallest absolute Gasteiger partial charge is 0.225 e. The van der Waals surface area contributed by atoms with Crippen LogP contribution >= 0.6 is 0 Å². The van der Waals surface area contributed by atoms with Crippen molar-refractivity contribution in [1.82, 2.24) is 15.2 Å². The number of aromatic amines is 1. The van der Waals surface area contributed by atoms with Gasteiger partial charge in [-0.3, -0.25) is 9.59 Å². The van der Waals surface area contributed by atoms with Gasteiger partial charge >= 0.3 is 0 Å². The summed E-state index contributed by atoms with van der Waals surface area (Å²) in [6.07, 6.45) is 3.50. The van der Waals surface area contributed by atoms with Gasteiger partial charge in [0, 0.05) is 43.2 Å². The Labute approximate surface area is 168 Å². The summed E-state index contributed by atoms with van der Waals surface area (Å²) in [5.41, 5.74) is 3.03. The Morgan fingerprint density at radius 3 is 2.83 bits per heavy atom. The number of nitrogens with zero attached hydrogens (tertiary/aromatic N) is 1. The van der Waals surface area contributed by atoms with Crippen LogP contribution in [0.4, 0.5) is 4.39 Å². The highest BCUT2D eigenvalue weighted by atomic mass is 19.1. The van der Waals surface area contributed by atoms with E-state index in [-0.39, 0.29) is 30.0 Å². The number of halogens is 1. The number of H-pyrrole nitrogens is 1. The van der Waals surface area contributed by atoms with Crippen LogP contribution < -0.4 is 5.32 Å². The third-order valence-corrected chi connectivity index (χ3v) is 5.52. The second-order valence-electron chi connectivity index (χ2n) is 7.52. The Hall–Kier alpha value is -3.15. The fourth-order valence-corrected chi connectivity index (χ4v) is 3.90. The van der Waals surface area contributed by atoms with Crippen LogP contribution in [0.1, 0.15) is 17.5 Å². The van der Waals surface area contributed by atoms with Gasteiger partial charge < -0.3 is 15.2 Å². The number of aromatic nitrogens is 1. The first-order chi connectivity index (χ1) is 14.1. The molecule has 2 aromatic carbocycles. The quantitative estimate of drug-likeness (QED) is 0.648. The molecule has 150 valence electrons. The summed E-state index contributed by atoms with van der Waals surface area (Å²) < 4.78 is 13.5. The van der Waals surface area contributed by atoms with Crippen molar-refractivity contribution in [3.05, 3.63) is 71.7 Å². The minimum atomic E-state index is -0.307. The molecular formula is C23H24FN3O2. The Bertz CT molecular complexity index is 1020. The van der Waals surface area contributed by atoms with Crippen LogP contribution in [-0.2, 0) is 22.4 Å². The number of rotatable bonds is 7. The minimum absolute atomic E-state index is 0.000712. The molecule has 0 saturated carbocycles. The number of likely N-dealkylation sites (tertiary alicyclic amines) is 1. The number of carbonyl (C=O) groups is 2. The lowest BCUT2D eigenvalue weighted by Gasteiger charge is -2.16. The number of hydrogen-bond acceptors (Lipinski definition) is 2. The van der Waals surface area contributed by atoms with E-state index in [4.69, 9.17) is 0 Å². The summed E-state index contributed by atoms with van der Waals surface area (Å²) in [5.74, 6) is -0.647. The fourth-order valence-electron chi connectivity index (χ4n) is 3.90. The lowest BCUT2D eigenvalue weighted by Crippen LogP contribution is -2.34. The Balaban J connectivity index is 1.28. The molecule has 2 amide bonds. The topological polar surface area (TPSA) is 65.2 Å². The molecule has 29 heavy (non-hydrogen) atoms. The second-order valence-corrected chi connectivity index (χ2v) is 7.52. The fraction of sp³-hybridized carbons (Fsp3) is 0.304. The lowest BCUT2D eigenvalue weighted by atomic mass is 10.1. The highest BCUT2D eigenvalue weighted by Crippen LogP contribution is 2.22. The van der Waals surface area contributed by atoms with Crippen LogP contribution in [-0.4, -0.2) is 41.3 Å². The molecule has 5 nitrogen and oxygen atoms in total. The Kier molecular flexibility index (Phi) is 5.60. The Morgan fingerprint density at radius 2 is 2.00 bits per heavy atom. The molecule has 1 aliphatic heterocycles. The molecular weight excluding hydrogens is 369 g/mol. The van der Waals surface area contributed by atoms with Crippen molar-refractivity contribution in [3.8, 4) is 0 Å². The van der Waals surface area contributed by atoms with E-state index < -0.39 is 0 Å². The van der Waals surface area contributed by atoms with Gasteiger partial charge in [0.2, 0.25) is 11.8 Å². The molecule has 2 N–H and O–H groups in total. The largest absolute Gasteiger partial charge is 0.361 e. The first-order valence-corrected chi connectivity index (χ1v) is 9.95. The van der Waals surface area contributed by atoms with Gasteiger partial charge in [0.1, 0.15) is 5.82 Å². The van der Waals surface area contributed by atoms with E-state index in [0.29, 0.717) is 26.1 Å². The number of carbonyl (C=O) groups excluding carboxylic acids is 2. The summed E-state index contributed by atoms with van der Waals surface area (Å²) in [6.45, 7) is 1.53. The van der Waals surface area contributed by atoms with Crippen LogP contribution in [0, 0.1) is 11.7 Å². The maximum Gasteiger partial charge on any atom is 0.225 e. The van der Waals surface area contributed by atoms with Crippen molar-refractivity contribution in [2.75, 3.05) is 19.6 Å². The van der Waals surface area contributed by atoms with Crippen molar-refractivity contribution >= 4 is 22.7 Å². The predicted octanol–water partition coefficient (Wildman–Crippen LogP) is 3.06. The van der Waals surface area contributed by atoms with E-state index in [9.17, 15) is 14.0 Å². The number of nitrogens with one attached hydrogen (secondary N) is 2. The molecule has 1 unspecified atom stereocenters. The van der Waals surface area contributed by atoms with Crippen molar-refractivity contribution in [3.63, 3.8) is 0 Å². The zero-order chi connectivity index (χ0) is 20.2. The SMILES string of the molecule is O=C(NCCc1ccccc1)C1CC(=O)N(CCc2c[nH]c3ccc(F)cc23)C1. The first kappa shape index (κ1) is 19.2. The molecule has 2 heterocycles. The van der Waals surface area contributed by atoms with Gasteiger partial charge in [-0.25, -0.2) is 4.39 Å². The average molecular weight is 393 g/mol. The minimum Gasteiger partial charge on any atom is -0.361 e. The maximum absolute atomic E-state index is 13.5. The Morgan fingerprint density at radius 1 is 1.17 bits per heavy atom. The van der Waals surface area contributed by atoms with E-state index in [1.54, 1.807) is 11.0 Å². The first-order valence-electron chi connectivity index (χ1n) is 9.95. The maximum atomic E-state index is 13.5. The summed E-state index contributed by atoms with van der Waals surface area (Å²) >= 11 is 0. The van der Waals surface area contributed by atoms with Crippen LogP contribution in [0.5, 0.6) is 0 Å². The molecule has 1 aliphatic rings. The van der Waals surface area contributed by atoms with Crippen LogP contribution in [0.3, 0.4) is 0 Å². The van der Waals surface area contributed by atoms with Crippen LogP contribution in [0.15, 0.2) is 54.7 Å². The lowest BCUT2D eigenvalue weighted by molar-refractivity contribution is -0.129. The van der Waals surface area contributed by atoms with Gasteiger partial charge in [0.25, 0.3) is 0 Å². The standard InChI is InChI=1S/C23H24FN3O2/c24-19-6-7-21-20(13-19)17(14-26-21)9-11-27-15-18(12-22(27)28)23(29)25-10-8-16-4-2-1-3-5-16/h1-7,13-14,18,26H,8-12,15H2,(H,25,29). The molecule has 0 spiro atoms.